The Hall–Kier alpha value is -1.84. The second-order valence-corrected chi connectivity index (χ2v) is 4.82. The van der Waals surface area contributed by atoms with Gasteiger partial charge >= 0.3 is 0 Å². The number of hydrogen-bond donors (Lipinski definition) is 1. The summed E-state index contributed by atoms with van der Waals surface area (Å²) >= 11 is 1.43. The minimum atomic E-state index is -0.378. The van der Waals surface area contributed by atoms with Gasteiger partial charge in [-0.1, -0.05) is 24.8 Å². The highest BCUT2D eigenvalue weighted by Crippen LogP contribution is 2.18. The van der Waals surface area contributed by atoms with Crippen molar-refractivity contribution in [3.05, 3.63) is 35.4 Å². The zero-order valence-electron chi connectivity index (χ0n) is 9.75. The first kappa shape index (κ1) is 12.6. The lowest BCUT2D eigenvalue weighted by Crippen LogP contribution is -2.24. The standard InChI is InChI=1S/C12H11N4OS/c1-2-10-15-16-12(18-10)14-11(17)9-5-3-4-8(6-9)7-13/h3-6,10,15H,2H2,1H3. The number of carbonyl (C=O) groups is 1. The number of amides is 1. The molecule has 0 saturated carbocycles. The van der Waals surface area contributed by atoms with Crippen LogP contribution in [0.3, 0.4) is 0 Å². The summed E-state index contributed by atoms with van der Waals surface area (Å²) in [6.45, 7) is 2.03. The number of hydrogen-bond acceptors (Lipinski definition) is 4. The fraction of sp³-hybridized carbons (Fsp3) is 0.250. The minimum Gasteiger partial charge on any atom is -0.267 e. The van der Waals surface area contributed by atoms with E-state index in [2.05, 4.69) is 15.8 Å². The summed E-state index contributed by atoms with van der Waals surface area (Å²) in [5, 5.41) is 9.39. The van der Waals surface area contributed by atoms with E-state index < -0.39 is 0 Å². The molecule has 1 radical (unpaired) electrons. The number of carbonyl (C=O) groups excluding carboxylic acids is 1. The van der Waals surface area contributed by atoms with E-state index in [-0.39, 0.29) is 11.3 Å². The van der Waals surface area contributed by atoms with Gasteiger partial charge in [0.2, 0.25) is 5.17 Å². The molecule has 1 aromatic carbocycles. The molecule has 1 N–H and O–H groups in total. The van der Waals surface area contributed by atoms with Crippen molar-refractivity contribution in [2.24, 2.45) is 4.99 Å². The lowest BCUT2D eigenvalue weighted by molar-refractivity contribution is 0.100. The van der Waals surface area contributed by atoms with E-state index in [1.54, 1.807) is 18.2 Å². The van der Waals surface area contributed by atoms with Crippen molar-refractivity contribution in [2.75, 3.05) is 0 Å². The first-order valence-corrected chi connectivity index (χ1v) is 6.37. The third-order valence-corrected chi connectivity index (χ3v) is 3.48. The summed E-state index contributed by atoms with van der Waals surface area (Å²) in [7, 11) is 0. The average Bonchev–Trinajstić information content (AvgIpc) is 2.86. The van der Waals surface area contributed by atoms with Crippen LogP contribution >= 0.6 is 11.8 Å². The van der Waals surface area contributed by atoms with E-state index in [4.69, 9.17) is 5.26 Å². The molecule has 18 heavy (non-hydrogen) atoms. The maximum absolute atomic E-state index is 11.9. The maximum atomic E-state index is 11.9. The maximum Gasteiger partial charge on any atom is 0.279 e. The van der Waals surface area contributed by atoms with Crippen LogP contribution in [0, 0.1) is 11.3 Å². The van der Waals surface area contributed by atoms with E-state index in [9.17, 15) is 4.79 Å². The summed E-state index contributed by atoms with van der Waals surface area (Å²) in [5.74, 6) is -0.378. The lowest BCUT2D eigenvalue weighted by atomic mass is 10.1. The number of nitrogens with one attached hydrogen (secondary N) is 1. The molecule has 1 heterocycles. The van der Waals surface area contributed by atoms with Gasteiger partial charge in [0.05, 0.1) is 17.0 Å². The Labute approximate surface area is 109 Å². The number of amidine groups is 1. The fourth-order valence-electron chi connectivity index (χ4n) is 1.41. The molecule has 1 saturated heterocycles. The Morgan fingerprint density at radius 3 is 3.17 bits per heavy atom. The number of rotatable bonds is 2. The van der Waals surface area contributed by atoms with Crippen LogP contribution in [-0.4, -0.2) is 16.4 Å². The van der Waals surface area contributed by atoms with E-state index in [1.807, 2.05) is 13.0 Å². The Morgan fingerprint density at radius 2 is 2.50 bits per heavy atom. The molecule has 1 aliphatic heterocycles. The van der Waals surface area contributed by atoms with Gasteiger partial charge in [-0.3, -0.25) is 4.79 Å². The van der Waals surface area contributed by atoms with E-state index in [1.165, 1.54) is 17.8 Å². The van der Waals surface area contributed by atoms with E-state index >= 15 is 0 Å². The molecule has 0 aromatic heterocycles. The zero-order valence-corrected chi connectivity index (χ0v) is 10.6. The average molecular weight is 259 g/mol. The molecule has 91 valence electrons. The smallest absolute Gasteiger partial charge is 0.267 e. The monoisotopic (exact) mass is 259 g/mol. The molecule has 6 heteroatoms. The third kappa shape index (κ3) is 2.88. The van der Waals surface area contributed by atoms with Crippen LogP contribution in [-0.2, 0) is 0 Å². The molecule has 1 fully saturated rings. The largest absolute Gasteiger partial charge is 0.279 e. The molecule has 1 unspecified atom stereocenters. The summed E-state index contributed by atoms with van der Waals surface area (Å²) in [6.07, 6.45) is 0.908. The SMILES string of the molecule is CCC1N[N]C(=NC(=O)c2cccc(C#N)c2)S1. The van der Waals surface area contributed by atoms with Gasteiger partial charge < -0.3 is 0 Å². The van der Waals surface area contributed by atoms with Crippen molar-refractivity contribution in [1.29, 1.82) is 5.26 Å². The van der Waals surface area contributed by atoms with Crippen LogP contribution in [0.25, 0.3) is 0 Å². The molecule has 2 rings (SSSR count). The van der Waals surface area contributed by atoms with Crippen LogP contribution in [0.4, 0.5) is 0 Å². The number of benzene rings is 1. The Bertz CT molecular complexity index is 535. The van der Waals surface area contributed by atoms with Gasteiger partial charge in [0.15, 0.2) is 0 Å². The zero-order chi connectivity index (χ0) is 13.0. The van der Waals surface area contributed by atoms with E-state index in [0.29, 0.717) is 16.3 Å². The number of thioether (sulfide) groups is 1. The predicted molar refractivity (Wildman–Crippen MR) is 69.9 cm³/mol. The quantitative estimate of drug-likeness (QED) is 0.875. The Balaban J connectivity index is 2.13. The molecule has 5 nitrogen and oxygen atoms in total. The van der Waals surface area contributed by atoms with Crippen molar-refractivity contribution in [1.82, 2.24) is 10.9 Å². The molecular formula is C12H11N4OS. The van der Waals surface area contributed by atoms with Crippen molar-refractivity contribution >= 4 is 22.8 Å². The van der Waals surface area contributed by atoms with Crippen LogP contribution in [0.1, 0.15) is 29.3 Å². The summed E-state index contributed by atoms with van der Waals surface area (Å²) in [5.41, 5.74) is 7.71. The molecule has 0 spiro atoms. The van der Waals surface area contributed by atoms with Gasteiger partial charge in [0.25, 0.3) is 5.91 Å². The minimum absolute atomic E-state index is 0.182. The highest BCUT2D eigenvalue weighted by molar-refractivity contribution is 8.14. The first-order valence-electron chi connectivity index (χ1n) is 5.49. The fourth-order valence-corrected chi connectivity index (χ4v) is 2.17. The van der Waals surface area contributed by atoms with Gasteiger partial charge in [-0.25, -0.2) is 0 Å². The lowest BCUT2D eigenvalue weighted by Gasteiger charge is -1.98. The topological polar surface area (TPSA) is 79.3 Å². The summed E-state index contributed by atoms with van der Waals surface area (Å²) in [6, 6.07) is 8.46. The first-order chi connectivity index (χ1) is 8.72. The van der Waals surface area contributed by atoms with Crippen molar-refractivity contribution in [2.45, 2.75) is 18.7 Å². The molecule has 1 atom stereocenters. The van der Waals surface area contributed by atoms with Crippen LogP contribution < -0.4 is 10.9 Å². The van der Waals surface area contributed by atoms with Crippen LogP contribution in [0.15, 0.2) is 29.3 Å². The molecule has 1 aromatic rings. The molecule has 1 aliphatic rings. The van der Waals surface area contributed by atoms with Gasteiger partial charge in [-0.15, -0.1) is 0 Å². The Morgan fingerprint density at radius 1 is 1.67 bits per heavy atom. The van der Waals surface area contributed by atoms with Gasteiger partial charge in [-0.2, -0.15) is 21.1 Å². The normalized spacial score (nSPS) is 20.4. The second kappa shape index (κ2) is 5.67. The third-order valence-electron chi connectivity index (χ3n) is 2.36. The van der Waals surface area contributed by atoms with Crippen molar-refractivity contribution in [3.63, 3.8) is 0 Å². The van der Waals surface area contributed by atoms with Crippen LogP contribution in [0.2, 0.25) is 0 Å². The van der Waals surface area contributed by atoms with Gasteiger partial charge in [-0.05, 0) is 24.6 Å². The van der Waals surface area contributed by atoms with Crippen LogP contribution in [0.5, 0.6) is 0 Å². The second-order valence-electron chi connectivity index (χ2n) is 3.65. The number of aliphatic imine (C=N–C) groups is 1. The predicted octanol–water partition coefficient (Wildman–Crippen LogP) is 1.65. The molecular weight excluding hydrogens is 248 g/mol. The molecule has 0 bridgehead atoms. The highest BCUT2D eigenvalue weighted by Gasteiger charge is 2.21. The summed E-state index contributed by atoms with van der Waals surface area (Å²) in [4.78, 5) is 15.8. The van der Waals surface area contributed by atoms with Crippen molar-refractivity contribution < 1.29 is 4.79 Å². The summed E-state index contributed by atoms with van der Waals surface area (Å²) < 4.78 is 0. The van der Waals surface area contributed by atoms with E-state index in [0.717, 1.165) is 6.42 Å². The Kier molecular flexibility index (Phi) is 3.97. The van der Waals surface area contributed by atoms with Gasteiger partial charge in [0.1, 0.15) is 0 Å². The van der Waals surface area contributed by atoms with Gasteiger partial charge in [0, 0.05) is 5.56 Å². The highest BCUT2D eigenvalue weighted by atomic mass is 32.2. The number of nitriles is 1. The molecule has 0 aliphatic carbocycles. The van der Waals surface area contributed by atoms with Crippen molar-refractivity contribution in [3.8, 4) is 6.07 Å². The number of nitrogens with zero attached hydrogens (tertiary/aromatic N) is 3. The molecule has 1 amide bonds.